The standard InChI is InChI=1S/C20H19F6N3O3S/c21-19(22,23)14-9-15(20(24,25)26)11-17(10-14)33(31,32)29-7-4-13(5-8-29)18(30)28-12-16-3-1-2-6-27-16/h1-3,6,9-11,13H,4-5,7-8,12H2,(H,28,30). The summed E-state index contributed by atoms with van der Waals surface area (Å²) in [6, 6.07) is 5.42. The van der Waals surface area contributed by atoms with Crippen LogP contribution >= 0.6 is 0 Å². The largest absolute Gasteiger partial charge is 0.416 e. The first-order valence-electron chi connectivity index (χ1n) is 9.76. The third-order valence-electron chi connectivity index (χ3n) is 5.19. The molecule has 0 unspecified atom stereocenters. The number of pyridine rings is 1. The smallest absolute Gasteiger partial charge is 0.350 e. The van der Waals surface area contributed by atoms with Gasteiger partial charge in [0.15, 0.2) is 0 Å². The van der Waals surface area contributed by atoms with Crippen molar-refractivity contribution in [1.82, 2.24) is 14.6 Å². The van der Waals surface area contributed by atoms with Crippen LogP contribution in [0.25, 0.3) is 0 Å². The third-order valence-corrected chi connectivity index (χ3v) is 7.07. The van der Waals surface area contributed by atoms with Crippen molar-refractivity contribution in [1.29, 1.82) is 0 Å². The van der Waals surface area contributed by atoms with Crippen LogP contribution in [0.4, 0.5) is 26.3 Å². The van der Waals surface area contributed by atoms with Crippen LogP contribution in [0.1, 0.15) is 29.7 Å². The lowest BCUT2D eigenvalue weighted by molar-refractivity contribution is -0.143. The van der Waals surface area contributed by atoms with Gasteiger partial charge in [-0.2, -0.15) is 30.6 Å². The number of amides is 1. The highest BCUT2D eigenvalue weighted by Gasteiger charge is 2.40. The van der Waals surface area contributed by atoms with Crippen LogP contribution in [0.3, 0.4) is 0 Å². The summed E-state index contributed by atoms with van der Waals surface area (Å²) in [4.78, 5) is 15.3. The first kappa shape index (κ1) is 25.0. The number of rotatable bonds is 5. The van der Waals surface area contributed by atoms with Crippen molar-refractivity contribution >= 4 is 15.9 Å². The van der Waals surface area contributed by atoms with Crippen molar-refractivity contribution in [2.45, 2.75) is 36.6 Å². The highest BCUT2D eigenvalue weighted by molar-refractivity contribution is 7.89. The molecule has 1 fully saturated rings. The minimum atomic E-state index is -5.16. The number of piperidine rings is 1. The van der Waals surface area contributed by atoms with Gasteiger partial charge < -0.3 is 5.32 Å². The molecule has 1 amide bonds. The van der Waals surface area contributed by atoms with Crippen molar-refractivity contribution in [3.8, 4) is 0 Å². The van der Waals surface area contributed by atoms with E-state index in [2.05, 4.69) is 10.3 Å². The molecule has 1 N–H and O–H groups in total. The van der Waals surface area contributed by atoms with E-state index in [0.717, 1.165) is 4.31 Å². The number of aromatic nitrogens is 1. The van der Waals surface area contributed by atoms with Crippen LogP contribution in [0.15, 0.2) is 47.5 Å². The second-order valence-electron chi connectivity index (χ2n) is 7.46. The molecule has 0 atom stereocenters. The SMILES string of the molecule is O=C(NCc1ccccn1)C1CCN(S(=O)(=O)c2cc(C(F)(F)F)cc(C(F)(F)F)c2)CC1. The number of nitrogens with zero attached hydrogens (tertiary/aromatic N) is 2. The summed E-state index contributed by atoms with van der Waals surface area (Å²) in [6.45, 7) is -0.272. The Hall–Kier alpha value is -2.67. The lowest BCUT2D eigenvalue weighted by Gasteiger charge is -2.30. The molecule has 0 bridgehead atoms. The Labute approximate surface area is 185 Å². The number of alkyl halides is 6. The fraction of sp³-hybridized carbons (Fsp3) is 0.400. The number of carbonyl (C=O) groups is 1. The Bertz CT molecular complexity index is 1060. The molecule has 33 heavy (non-hydrogen) atoms. The van der Waals surface area contributed by atoms with Crippen LogP contribution in [-0.2, 0) is 33.7 Å². The van der Waals surface area contributed by atoms with Crippen molar-refractivity contribution in [2.24, 2.45) is 5.92 Å². The topological polar surface area (TPSA) is 79.4 Å². The second-order valence-corrected chi connectivity index (χ2v) is 9.40. The zero-order valence-corrected chi connectivity index (χ0v) is 17.8. The molecule has 180 valence electrons. The molecule has 1 saturated heterocycles. The van der Waals surface area contributed by atoms with E-state index in [4.69, 9.17) is 0 Å². The molecule has 13 heteroatoms. The van der Waals surface area contributed by atoms with Crippen molar-refractivity contribution in [3.63, 3.8) is 0 Å². The van der Waals surface area contributed by atoms with E-state index in [0.29, 0.717) is 5.69 Å². The molecule has 1 aromatic heterocycles. The molecular formula is C20H19F6N3O3S. The number of hydrogen-bond donors (Lipinski definition) is 1. The van der Waals surface area contributed by atoms with E-state index >= 15 is 0 Å². The predicted molar refractivity (Wildman–Crippen MR) is 104 cm³/mol. The molecule has 1 aromatic carbocycles. The minimum absolute atomic E-state index is 0.0678. The van der Waals surface area contributed by atoms with Gasteiger partial charge in [-0.15, -0.1) is 0 Å². The molecule has 2 heterocycles. The van der Waals surface area contributed by atoms with Crippen molar-refractivity contribution < 1.29 is 39.6 Å². The predicted octanol–water partition coefficient (Wildman–Crippen LogP) is 3.84. The lowest BCUT2D eigenvalue weighted by Crippen LogP contribution is -2.43. The van der Waals surface area contributed by atoms with Gasteiger partial charge in [-0.1, -0.05) is 6.07 Å². The van der Waals surface area contributed by atoms with Gasteiger partial charge in [0.2, 0.25) is 15.9 Å². The summed E-state index contributed by atoms with van der Waals surface area (Å²) in [7, 11) is -4.64. The summed E-state index contributed by atoms with van der Waals surface area (Å²) in [5.74, 6) is -0.886. The molecule has 0 aliphatic carbocycles. The van der Waals surface area contributed by atoms with Crippen LogP contribution in [-0.4, -0.2) is 36.7 Å². The summed E-state index contributed by atoms with van der Waals surface area (Å²) in [5, 5.41) is 2.68. The highest BCUT2D eigenvalue weighted by atomic mass is 32.2. The molecule has 3 rings (SSSR count). The van der Waals surface area contributed by atoms with E-state index in [-0.39, 0.29) is 56.6 Å². The number of sulfonamides is 1. The average Bonchev–Trinajstić information content (AvgIpc) is 2.76. The van der Waals surface area contributed by atoms with Gasteiger partial charge in [-0.25, -0.2) is 8.42 Å². The van der Waals surface area contributed by atoms with E-state index in [1.165, 1.54) is 0 Å². The van der Waals surface area contributed by atoms with E-state index in [1.54, 1.807) is 24.4 Å². The minimum Gasteiger partial charge on any atom is -0.350 e. The summed E-state index contributed by atoms with van der Waals surface area (Å²) >= 11 is 0. The number of halogens is 6. The molecule has 1 aliphatic heterocycles. The normalized spacial score (nSPS) is 16.5. The quantitative estimate of drug-likeness (QED) is 0.640. The van der Waals surface area contributed by atoms with E-state index < -0.39 is 44.3 Å². The van der Waals surface area contributed by atoms with Crippen molar-refractivity contribution in [3.05, 3.63) is 59.4 Å². The fourth-order valence-corrected chi connectivity index (χ4v) is 4.95. The summed E-state index contributed by atoms with van der Waals surface area (Å²) in [6.07, 6.45) is -8.63. The summed E-state index contributed by atoms with van der Waals surface area (Å²) in [5.41, 5.74) is -2.80. The maximum atomic E-state index is 13.1. The van der Waals surface area contributed by atoms with Gasteiger partial charge in [0, 0.05) is 25.2 Å². The molecule has 6 nitrogen and oxygen atoms in total. The Morgan fingerprint density at radius 2 is 1.58 bits per heavy atom. The van der Waals surface area contributed by atoms with Crippen LogP contribution in [0.5, 0.6) is 0 Å². The van der Waals surface area contributed by atoms with Crippen molar-refractivity contribution in [2.75, 3.05) is 13.1 Å². The number of hydrogen-bond acceptors (Lipinski definition) is 4. The summed E-state index contributed by atoms with van der Waals surface area (Å²) < 4.78 is 105. The highest BCUT2D eigenvalue weighted by Crippen LogP contribution is 2.38. The van der Waals surface area contributed by atoms with Gasteiger partial charge in [0.25, 0.3) is 0 Å². The first-order valence-corrected chi connectivity index (χ1v) is 11.2. The monoisotopic (exact) mass is 495 g/mol. The van der Waals surface area contributed by atoms with Gasteiger partial charge in [-0.3, -0.25) is 9.78 Å². The van der Waals surface area contributed by atoms with Gasteiger partial charge in [0.1, 0.15) is 0 Å². The number of carbonyl (C=O) groups excluding carboxylic acids is 1. The van der Waals surface area contributed by atoms with Crippen LogP contribution in [0.2, 0.25) is 0 Å². The molecular weight excluding hydrogens is 476 g/mol. The van der Waals surface area contributed by atoms with Gasteiger partial charge in [-0.05, 0) is 43.2 Å². The number of benzene rings is 1. The first-order chi connectivity index (χ1) is 15.3. The Kier molecular flexibility index (Phi) is 7.03. The molecule has 2 aromatic rings. The second kappa shape index (κ2) is 9.29. The maximum absolute atomic E-state index is 13.1. The van der Waals surface area contributed by atoms with Gasteiger partial charge >= 0.3 is 12.4 Å². The van der Waals surface area contributed by atoms with Crippen LogP contribution in [0, 0.1) is 5.92 Å². The zero-order chi connectivity index (χ0) is 24.4. The fourth-order valence-electron chi connectivity index (χ4n) is 3.41. The molecule has 0 radical (unpaired) electrons. The van der Waals surface area contributed by atoms with E-state index in [1.807, 2.05) is 0 Å². The van der Waals surface area contributed by atoms with Crippen LogP contribution < -0.4 is 5.32 Å². The Balaban J connectivity index is 1.72. The molecule has 0 saturated carbocycles. The van der Waals surface area contributed by atoms with E-state index in [9.17, 15) is 39.6 Å². The third kappa shape index (κ3) is 6.02. The Morgan fingerprint density at radius 3 is 2.06 bits per heavy atom. The number of nitrogens with one attached hydrogen (secondary N) is 1. The maximum Gasteiger partial charge on any atom is 0.416 e. The van der Waals surface area contributed by atoms with Gasteiger partial charge in [0.05, 0.1) is 28.3 Å². The molecule has 0 spiro atoms. The molecule has 1 aliphatic rings. The zero-order valence-electron chi connectivity index (χ0n) is 16.9. The average molecular weight is 495 g/mol. The lowest BCUT2D eigenvalue weighted by atomic mass is 9.97. The Morgan fingerprint density at radius 1 is 1.00 bits per heavy atom.